The predicted molar refractivity (Wildman–Crippen MR) is 82.3 cm³/mol. The van der Waals surface area contributed by atoms with Crippen molar-refractivity contribution in [3.63, 3.8) is 0 Å². The Morgan fingerprint density at radius 3 is 2.75 bits per heavy atom. The molecule has 0 unspecified atom stereocenters. The summed E-state index contributed by atoms with van der Waals surface area (Å²) in [6, 6.07) is 9.26. The maximum atomic E-state index is 6.00. The van der Waals surface area contributed by atoms with E-state index in [1.165, 1.54) is 37.1 Å². The molecule has 1 N–H and O–H groups in total. The molecule has 4 rings (SSSR count). The van der Waals surface area contributed by atoms with E-state index in [0.29, 0.717) is 17.6 Å². The largest absolute Gasteiger partial charge is 0.380 e. The summed E-state index contributed by atoms with van der Waals surface area (Å²) in [5, 5.41) is 3.87. The zero-order valence-corrected chi connectivity index (χ0v) is 12.4. The molecule has 0 radical (unpaired) electrons. The van der Waals surface area contributed by atoms with Gasteiger partial charge in [0.2, 0.25) is 0 Å². The second-order valence-electron chi connectivity index (χ2n) is 6.86. The van der Waals surface area contributed by atoms with Gasteiger partial charge in [0.1, 0.15) is 0 Å². The van der Waals surface area contributed by atoms with Crippen LogP contribution in [0.4, 0.5) is 11.4 Å². The molecule has 3 fully saturated rings. The zero-order valence-electron chi connectivity index (χ0n) is 12.4. The Morgan fingerprint density at radius 2 is 2.05 bits per heavy atom. The maximum absolute atomic E-state index is 6.00. The first kappa shape index (κ1) is 12.5. The van der Waals surface area contributed by atoms with Gasteiger partial charge in [0.05, 0.1) is 17.5 Å². The number of benzene rings is 1. The molecule has 1 aliphatic heterocycles. The minimum atomic E-state index is 0.445. The third-order valence-corrected chi connectivity index (χ3v) is 5.73. The Bertz CT molecular complexity index is 509. The molecule has 2 saturated carbocycles. The van der Waals surface area contributed by atoms with E-state index in [-0.39, 0.29) is 0 Å². The Balaban J connectivity index is 1.60. The summed E-state index contributed by atoms with van der Waals surface area (Å²) in [7, 11) is 4.23. The molecule has 1 aromatic carbocycles. The van der Waals surface area contributed by atoms with Gasteiger partial charge in [0, 0.05) is 38.1 Å². The van der Waals surface area contributed by atoms with Gasteiger partial charge in [-0.2, -0.15) is 0 Å². The van der Waals surface area contributed by atoms with Crippen molar-refractivity contribution < 1.29 is 4.74 Å². The van der Waals surface area contributed by atoms with Crippen molar-refractivity contribution in [1.82, 2.24) is 0 Å². The van der Waals surface area contributed by atoms with Gasteiger partial charge < -0.3 is 15.0 Å². The smallest absolute Gasteiger partial charge is 0.0699 e. The van der Waals surface area contributed by atoms with E-state index in [9.17, 15) is 0 Å². The van der Waals surface area contributed by atoms with Crippen LogP contribution in [0.15, 0.2) is 24.3 Å². The Hall–Kier alpha value is -1.22. The number of rotatable bonds is 3. The average molecular weight is 272 g/mol. The Labute approximate surface area is 121 Å². The number of nitrogens with one attached hydrogen (secondary N) is 1. The van der Waals surface area contributed by atoms with Gasteiger partial charge in [-0.3, -0.25) is 0 Å². The maximum Gasteiger partial charge on any atom is 0.0699 e. The standard InChI is InChI=1S/C17H24N2O/c1-19(2)14-7-4-3-6-13(14)18-15-12-8-11-20-16(12)17(15)9-5-10-17/h3-4,6-7,12,15-16,18H,5,8-11H2,1-2H3/t12-,15+,16+/m0/s1. The minimum Gasteiger partial charge on any atom is -0.380 e. The van der Waals surface area contributed by atoms with Crippen molar-refractivity contribution >= 4 is 11.4 Å². The molecule has 0 aromatic heterocycles. The van der Waals surface area contributed by atoms with Crippen LogP contribution in [0.1, 0.15) is 25.7 Å². The lowest BCUT2D eigenvalue weighted by Crippen LogP contribution is -2.68. The number of nitrogens with zero attached hydrogens (tertiary/aromatic N) is 1. The minimum absolute atomic E-state index is 0.445. The summed E-state index contributed by atoms with van der Waals surface area (Å²) < 4.78 is 6.00. The van der Waals surface area contributed by atoms with Gasteiger partial charge in [-0.25, -0.2) is 0 Å². The van der Waals surface area contributed by atoms with Crippen LogP contribution in [0.2, 0.25) is 0 Å². The SMILES string of the molecule is CN(C)c1ccccc1N[C@@H]1[C@@H]2CCO[C@H]2C12CCC2. The molecule has 3 nitrogen and oxygen atoms in total. The molecule has 0 amide bonds. The topological polar surface area (TPSA) is 24.5 Å². The number of ether oxygens (including phenoxy) is 1. The highest BCUT2D eigenvalue weighted by Crippen LogP contribution is 2.63. The van der Waals surface area contributed by atoms with Crippen LogP contribution < -0.4 is 10.2 Å². The molecule has 3 aliphatic rings. The second-order valence-corrected chi connectivity index (χ2v) is 6.86. The molecule has 1 spiro atoms. The van der Waals surface area contributed by atoms with Gasteiger partial charge in [-0.1, -0.05) is 18.6 Å². The van der Waals surface area contributed by atoms with Crippen LogP contribution in [0.3, 0.4) is 0 Å². The highest BCUT2D eigenvalue weighted by molar-refractivity contribution is 5.70. The predicted octanol–water partition coefficient (Wildman–Crippen LogP) is 3.12. The number of anilines is 2. The molecular weight excluding hydrogens is 248 g/mol. The molecule has 0 bridgehead atoms. The van der Waals surface area contributed by atoms with Gasteiger partial charge in [0.15, 0.2) is 0 Å². The third kappa shape index (κ3) is 1.56. The Morgan fingerprint density at radius 1 is 1.25 bits per heavy atom. The highest BCUT2D eigenvalue weighted by atomic mass is 16.5. The van der Waals surface area contributed by atoms with Gasteiger partial charge >= 0.3 is 0 Å². The van der Waals surface area contributed by atoms with Crippen molar-refractivity contribution in [2.45, 2.75) is 37.8 Å². The number of fused-ring (bicyclic) bond motifs is 2. The van der Waals surface area contributed by atoms with Crippen LogP contribution in [0.25, 0.3) is 0 Å². The van der Waals surface area contributed by atoms with Crippen LogP contribution in [-0.4, -0.2) is 32.8 Å². The fourth-order valence-corrected chi connectivity index (χ4v) is 4.61. The summed E-state index contributed by atoms with van der Waals surface area (Å²) in [6.07, 6.45) is 5.83. The first-order valence-corrected chi connectivity index (χ1v) is 7.87. The van der Waals surface area contributed by atoms with Crippen LogP contribution in [0, 0.1) is 11.3 Å². The van der Waals surface area contributed by atoms with Crippen LogP contribution in [0.5, 0.6) is 0 Å². The molecular formula is C17H24N2O. The second kappa shape index (κ2) is 4.39. The fourth-order valence-electron chi connectivity index (χ4n) is 4.61. The third-order valence-electron chi connectivity index (χ3n) is 5.73. The van der Waals surface area contributed by atoms with E-state index >= 15 is 0 Å². The van der Waals surface area contributed by atoms with Crippen molar-refractivity contribution in [2.75, 3.05) is 30.9 Å². The van der Waals surface area contributed by atoms with E-state index in [1.54, 1.807) is 0 Å². The van der Waals surface area contributed by atoms with Crippen molar-refractivity contribution in [1.29, 1.82) is 0 Å². The summed E-state index contributed by atoms with van der Waals surface area (Å²) in [6.45, 7) is 0.963. The molecule has 20 heavy (non-hydrogen) atoms. The number of hydrogen-bond donors (Lipinski definition) is 1. The molecule has 3 heteroatoms. The summed E-state index contributed by atoms with van der Waals surface area (Å²) in [5.41, 5.74) is 3.00. The molecule has 1 saturated heterocycles. The van der Waals surface area contributed by atoms with Crippen LogP contribution >= 0.6 is 0 Å². The van der Waals surface area contributed by atoms with E-state index in [0.717, 1.165) is 12.5 Å². The van der Waals surface area contributed by atoms with Crippen molar-refractivity contribution in [2.24, 2.45) is 11.3 Å². The van der Waals surface area contributed by atoms with Gasteiger partial charge in [-0.05, 0) is 31.4 Å². The van der Waals surface area contributed by atoms with E-state index in [4.69, 9.17) is 4.74 Å². The quantitative estimate of drug-likeness (QED) is 0.915. The van der Waals surface area contributed by atoms with E-state index in [2.05, 4.69) is 48.6 Å². The lowest BCUT2D eigenvalue weighted by molar-refractivity contribution is -0.158. The monoisotopic (exact) mass is 272 g/mol. The van der Waals surface area contributed by atoms with Gasteiger partial charge in [0.25, 0.3) is 0 Å². The zero-order chi connectivity index (χ0) is 13.7. The van der Waals surface area contributed by atoms with Gasteiger partial charge in [-0.15, -0.1) is 0 Å². The van der Waals surface area contributed by atoms with E-state index < -0.39 is 0 Å². The molecule has 3 atom stereocenters. The first-order valence-electron chi connectivity index (χ1n) is 7.87. The van der Waals surface area contributed by atoms with Crippen molar-refractivity contribution in [3.05, 3.63) is 24.3 Å². The lowest BCUT2D eigenvalue weighted by Gasteiger charge is -2.63. The summed E-state index contributed by atoms with van der Waals surface area (Å²) in [4.78, 5) is 2.19. The lowest BCUT2D eigenvalue weighted by atomic mass is 9.46. The van der Waals surface area contributed by atoms with Crippen LogP contribution in [-0.2, 0) is 4.74 Å². The normalized spacial score (nSPS) is 33.2. The first-order chi connectivity index (χ1) is 9.72. The number of hydrogen-bond acceptors (Lipinski definition) is 3. The van der Waals surface area contributed by atoms with E-state index in [1.807, 2.05) is 0 Å². The Kier molecular flexibility index (Phi) is 2.75. The number of para-hydroxylation sites is 2. The van der Waals surface area contributed by atoms with Crippen molar-refractivity contribution in [3.8, 4) is 0 Å². The average Bonchev–Trinajstić information content (AvgIpc) is 2.80. The highest BCUT2D eigenvalue weighted by Gasteiger charge is 2.66. The molecule has 108 valence electrons. The molecule has 2 aliphatic carbocycles. The fraction of sp³-hybridized carbons (Fsp3) is 0.647. The summed E-state index contributed by atoms with van der Waals surface area (Å²) in [5.74, 6) is 0.727. The summed E-state index contributed by atoms with van der Waals surface area (Å²) >= 11 is 0. The molecule has 1 aromatic rings. The molecule has 1 heterocycles.